The Morgan fingerprint density at radius 1 is 1.00 bits per heavy atom. The predicted molar refractivity (Wildman–Crippen MR) is 104 cm³/mol. The molecule has 2 heterocycles. The third-order valence-electron chi connectivity index (χ3n) is 5.05. The second kappa shape index (κ2) is 6.25. The second-order valence-electron chi connectivity index (χ2n) is 6.54. The molecular weight excluding hydrogens is 306 g/mol. The van der Waals surface area contributed by atoms with Crippen molar-refractivity contribution in [2.75, 3.05) is 0 Å². The average Bonchev–Trinajstić information content (AvgIpc) is 2.60. The Labute approximate surface area is 148 Å². The molecule has 0 fully saturated rings. The van der Waals surface area contributed by atoms with Crippen molar-refractivity contribution in [2.45, 2.75) is 33.6 Å². The van der Waals surface area contributed by atoms with E-state index in [1.807, 2.05) is 18.5 Å². The monoisotopic (exact) mass is 329 g/mol. The molecule has 25 heavy (non-hydrogen) atoms. The fourth-order valence-electron chi connectivity index (χ4n) is 3.68. The summed E-state index contributed by atoms with van der Waals surface area (Å²) in [6, 6.07) is 13.2. The molecular formula is C22H23N3. The number of benzene rings is 2. The normalized spacial score (nSPS) is 11.3. The number of rotatable bonds is 4. The summed E-state index contributed by atoms with van der Waals surface area (Å²) in [4.78, 5) is 4.24. The fourth-order valence-corrected chi connectivity index (χ4v) is 3.68. The van der Waals surface area contributed by atoms with Crippen LogP contribution < -0.4 is 0 Å². The molecule has 2 aromatic heterocycles. The molecule has 3 heteroatoms. The van der Waals surface area contributed by atoms with Gasteiger partial charge in [-0.05, 0) is 66.1 Å². The molecule has 0 saturated carbocycles. The number of hydrogen-bond acceptors (Lipinski definition) is 1. The highest BCUT2D eigenvalue weighted by Gasteiger charge is 2.13. The maximum atomic E-state index is 4.24. The Bertz CT molecular complexity index is 1040. The molecule has 4 aromatic rings. The molecule has 0 atom stereocenters. The summed E-state index contributed by atoms with van der Waals surface area (Å²) >= 11 is 0. The summed E-state index contributed by atoms with van der Waals surface area (Å²) in [6.07, 6.45) is 7.97. The van der Waals surface area contributed by atoms with E-state index in [1.165, 1.54) is 44.4 Å². The van der Waals surface area contributed by atoms with E-state index in [9.17, 15) is 0 Å². The standard InChI is InChI=1S/C22H23N3/c1-4-16-12-20(10-15(3)21(16)5-2)25-22(14-24-25)18-7-6-17-8-9-23-13-19(17)11-18/h6-14,24H,4-5H2,1-3H3. The molecule has 0 aliphatic carbocycles. The Morgan fingerprint density at radius 3 is 2.60 bits per heavy atom. The van der Waals surface area contributed by atoms with E-state index >= 15 is 0 Å². The van der Waals surface area contributed by atoms with Gasteiger partial charge in [-0.1, -0.05) is 26.0 Å². The van der Waals surface area contributed by atoms with Crippen molar-refractivity contribution in [3.8, 4) is 16.9 Å². The zero-order valence-corrected chi connectivity index (χ0v) is 15.0. The first kappa shape index (κ1) is 15.7. The van der Waals surface area contributed by atoms with Crippen molar-refractivity contribution < 1.29 is 0 Å². The third-order valence-corrected chi connectivity index (χ3v) is 5.05. The van der Waals surface area contributed by atoms with Crippen LogP contribution in [0.2, 0.25) is 0 Å². The number of nitrogens with one attached hydrogen (secondary N) is 1. The summed E-state index contributed by atoms with van der Waals surface area (Å²) in [7, 11) is 0. The number of aromatic amines is 1. The van der Waals surface area contributed by atoms with Gasteiger partial charge in [-0.2, -0.15) is 0 Å². The Hall–Kier alpha value is -2.81. The van der Waals surface area contributed by atoms with E-state index < -0.39 is 0 Å². The summed E-state index contributed by atoms with van der Waals surface area (Å²) in [6.45, 7) is 6.68. The van der Waals surface area contributed by atoms with E-state index in [2.05, 4.69) is 72.1 Å². The number of fused-ring (bicyclic) bond motifs is 1. The molecule has 0 aliphatic heterocycles. The highest BCUT2D eigenvalue weighted by atomic mass is 15.3. The minimum atomic E-state index is 1.06. The predicted octanol–water partition coefficient (Wildman–Crippen LogP) is 5.45. The fraction of sp³-hybridized carbons (Fsp3) is 0.227. The van der Waals surface area contributed by atoms with Gasteiger partial charge in [-0.15, -0.1) is 0 Å². The highest BCUT2D eigenvalue weighted by molar-refractivity contribution is 5.86. The number of H-pyrrole nitrogens is 1. The summed E-state index contributed by atoms with van der Waals surface area (Å²) in [5, 5.41) is 5.71. The van der Waals surface area contributed by atoms with Crippen LogP contribution in [0.4, 0.5) is 0 Å². The van der Waals surface area contributed by atoms with Gasteiger partial charge in [0, 0.05) is 29.5 Å². The Balaban J connectivity index is 1.79. The molecule has 0 amide bonds. The van der Waals surface area contributed by atoms with Crippen LogP contribution in [0.3, 0.4) is 0 Å². The molecule has 0 radical (unpaired) electrons. The maximum Gasteiger partial charge on any atom is 0.0878 e. The van der Waals surface area contributed by atoms with Crippen molar-refractivity contribution in [1.29, 1.82) is 0 Å². The van der Waals surface area contributed by atoms with Gasteiger partial charge < -0.3 is 0 Å². The number of nitrogens with zero attached hydrogens (tertiary/aromatic N) is 2. The molecule has 3 nitrogen and oxygen atoms in total. The van der Waals surface area contributed by atoms with Crippen molar-refractivity contribution in [1.82, 2.24) is 14.8 Å². The Kier molecular flexibility index (Phi) is 3.92. The topological polar surface area (TPSA) is 33.6 Å². The first-order valence-corrected chi connectivity index (χ1v) is 8.94. The number of aromatic nitrogens is 3. The molecule has 2 aromatic carbocycles. The summed E-state index contributed by atoms with van der Waals surface area (Å²) in [5.41, 5.74) is 7.89. The molecule has 126 valence electrons. The zero-order chi connectivity index (χ0) is 17.4. The maximum absolute atomic E-state index is 4.24. The van der Waals surface area contributed by atoms with Gasteiger partial charge in [0.2, 0.25) is 0 Å². The van der Waals surface area contributed by atoms with Gasteiger partial charge in [0.25, 0.3) is 0 Å². The van der Waals surface area contributed by atoms with Gasteiger partial charge in [0.1, 0.15) is 0 Å². The molecule has 0 spiro atoms. The van der Waals surface area contributed by atoms with Crippen LogP contribution in [0, 0.1) is 6.92 Å². The average molecular weight is 329 g/mol. The number of pyridine rings is 1. The molecule has 0 aliphatic rings. The van der Waals surface area contributed by atoms with Crippen molar-refractivity contribution in [3.05, 3.63) is 71.7 Å². The van der Waals surface area contributed by atoms with Gasteiger partial charge in [-0.25, -0.2) is 0 Å². The number of hydrogen-bond donors (Lipinski definition) is 1. The lowest BCUT2D eigenvalue weighted by molar-refractivity contribution is 0.794. The first-order chi connectivity index (χ1) is 12.2. The smallest absolute Gasteiger partial charge is 0.0878 e. The minimum absolute atomic E-state index is 1.06. The van der Waals surface area contributed by atoms with E-state index in [1.54, 1.807) is 0 Å². The minimum Gasteiger partial charge on any atom is -0.299 e. The molecule has 0 saturated heterocycles. The van der Waals surface area contributed by atoms with E-state index in [0.29, 0.717) is 0 Å². The van der Waals surface area contributed by atoms with E-state index in [-0.39, 0.29) is 0 Å². The lowest BCUT2D eigenvalue weighted by atomic mass is 9.97. The molecule has 1 N–H and O–H groups in total. The van der Waals surface area contributed by atoms with Gasteiger partial charge in [0.15, 0.2) is 0 Å². The van der Waals surface area contributed by atoms with Crippen molar-refractivity contribution in [3.63, 3.8) is 0 Å². The molecule has 0 unspecified atom stereocenters. The van der Waals surface area contributed by atoms with Gasteiger partial charge >= 0.3 is 0 Å². The number of aryl methyl sites for hydroxylation is 2. The lowest BCUT2D eigenvalue weighted by Gasteiger charge is -2.21. The SMILES string of the molecule is CCc1cc(-n2[nH]cc2-c2ccc3ccncc3c2)cc(C)c1CC. The summed E-state index contributed by atoms with van der Waals surface area (Å²) < 4.78 is 2.17. The van der Waals surface area contributed by atoms with Crippen LogP contribution in [-0.4, -0.2) is 14.8 Å². The van der Waals surface area contributed by atoms with Crippen LogP contribution in [0.15, 0.2) is 55.0 Å². The first-order valence-electron chi connectivity index (χ1n) is 8.94. The van der Waals surface area contributed by atoms with Crippen molar-refractivity contribution >= 4 is 10.8 Å². The van der Waals surface area contributed by atoms with Crippen LogP contribution in [0.25, 0.3) is 27.7 Å². The third kappa shape index (κ3) is 2.66. The van der Waals surface area contributed by atoms with Crippen molar-refractivity contribution in [2.24, 2.45) is 0 Å². The van der Waals surface area contributed by atoms with Gasteiger partial charge in [-0.3, -0.25) is 14.8 Å². The van der Waals surface area contributed by atoms with Gasteiger partial charge in [0.05, 0.1) is 11.4 Å². The largest absolute Gasteiger partial charge is 0.299 e. The molecule has 0 bridgehead atoms. The zero-order valence-electron chi connectivity index (χ0n) is 15.0. The summed E-state index contributed by atoms with van der Waals surface area (Å²) in [5.74, 6) is 0. The van der Waals surface area contributed by atoms with E-state index in [4.69, 9.17) is 0 Å². The van der Waals surface area contributed by atoms with E-state index in [0.717, 1.165) is 12.8 Å². The Morgan fingerprint density at radius 2 is 1.88 bits per heavy atom. The van der Waals surface area contributed by atoms with Crippen LogP contribution in [0.5, 0.6) is 0 Å². The molecule has 4 rings (SSSR count). The van der Waals surface area contributed by atoms with Crippen LogP contribution in [0.1, 0.15) is 30.5 Å². The quantitative estimate of drug-likeness (QED) is 0.530. The second-order valence-corrected chi connectivity index (χ2v) is 6.54. The van der Waals surface area contributed by atoms with Crippen LogP contribution >= 0.6 is 0 Å². The van der Waals surface area contributed by atoms with Crippen LogP contribution in [-0.2, 0) is 12.8 Å². The lowest BCUT2D eigenvalue weighted by Crippen LogP contribution is -2.11. The highest BCUT2D eigenvalue weighted by Crippen LogP contribution is 2.29.